The van der Waals surface area contributed by atoms with E-state index < -0.39 is 0 Å². The molecule has 86 valence electrons. The summed E-state index contributed by atoms with van der Waals surface area (Å²) >= 11 is 0. The summed E-state index contributed by atoms with van der Waals surface area (Å²) < 4.78 is 0. The number of nitrogens with two attached hydrogens (primary N) is 1. The van der Waals surface area contributed by atoms with Crippen molar-refractivity contribution in [3.63, 3.8) is 0 Å². The maximum atomic E-state index is 11.7. The molecule has 0 bridgehead atoms. The number of carbonyl (C=O) groups is 1. The predicted molar refractivity (Wildman–Crippen MR) is 59.4 cm³/mol. The summed E-state index contributed by atoms with van der Waals surface area (Å²) in [7, 11) is 0. The van der Waals surface area contributed by atoms with Crippen LogP contribution in [0.5, 0.6) is 0 Å². The minimum atomic E-state index is 0.258. The van der Waals surface area contributed by atoms with Crippen LogP contribution >= 0.6 is 0 Å². The predicted octanol–water partition coefficient (Wildman–Crippen LogP) is -0.112. The van der Waals surface area contributed by atoms with E-state index in [-0.39, 0.29) is 6.04 Å². The highest BCUT2D eigenvalue weighted by atomic mass is 16.2. The first-order valence-corrected chi connectivity index (χ1v) is 5.92. The van der Waals surface area contributed by atoms with Gasteiger partial charge in [0, 0.05) is 25.7 Å². The number of carbonyl (C=O) groups excluding carboxylic acids is 1. The largest absolute Gasteiger partial charge is 0.341 e. The zero-order chi connectivity index (χ0) is 10.8. The van der Waals surface area contributed by atoms with Crippen molar-refractivity contribution in [1.82, 2.24) is 9.80 Å². The molecule has 0 spiro atoms. The summed E-state index contributed by atoms with van der Waals surface area (Å²) in [6.07, 6.45) is 2.32. The van der Waals surface area contributed by atoms with Gasteiger partial charge >= 0.3 is 0 Å². The number of hydrogen-bond acceptors (Lipinski definition) is 3. The summed E-state index contributed by atoms with van der Waals surface area (Å²) in [4.78, 5) is 15.9. The van der Waals surface area contributed by atoms with Crippen molar-refractivity contribution in [2.75, 3.05) is 32.7 Å². The second kappa shape index (κ2) is 4.49. The summed E-state index contributed by atoms with van der Waals surface area (Å²) in [5.41, 5.74) is 5.87. The van der Waals surface area contributed by atoms with E-state index in [4.69, 9.17) is 5.73 Å². The van der Waals surface area contributed by atoms with Gasteiger partial charge in [-0.25, -0.2) is 0 Å². The zero-order valence-electron chi connectivity index (χ0n) is 9.48. The van der Waals surface area contributed by atoms with Crippen molar-refractivity contribution >= 4 is 5.91 Å². The molecular weight excluding hydrogens is 190 g/mol. The van der Waals surface area contributed by atoms with Crippen LogP contribution in [-0.2, 0) is 4.79 Å². The summed E-state index contributed by atoms with van der Waals surface area (Å²) in [6.45, 7) is 6.62. The molecule has 2 aliphatic rings. The average Bonchev–Trinajstić information content (AvgIpc) is 2.48. The Morgan fingerprint density at radius 2 is 2.20 bits per heavy atom. The van der Waals surface area contributed by atoms with Gasteiger partial charge in [-0.2, -0.15) is 0 Å². The quantitative estimate of drug-likeness (QED) is 0.708. The molecule has 2 unspecified atom stereocenters. The third kappa shape index (κ3) is 2.49. The third-order valence-electron chi connectivity index (χ3n) is 3.62. The van der Waals surface area contributed by atoms with Gasteiger partial charge in [0.05, 0.1) is 6.54 Å². The van der Waals surface area contributed by atoms with E-state index in [0.29, 0.717) is 18.4 Å². The van der Waals surface area contributed by atoms with Crippen molar-refractivity contribution in [3.05, 3.63) is 0 Å². The van der Waals surface area contributed by atoms with Crippen molar-refractivity contribution in [2.24, 2.45) is 11.7 Å². The van der Waals surface area contributed by atoms with E-state index in [2.05, 4.69) is 11.8 Å². The second-order valence-corrected chi connectivity index (χ2v) is 4.88. The highest BCUT2D eigenvalue weighted by Crippen LogP contribution is 2.18. The highest BCUT2D eigenvalue weighted by Gasteiger charge is 2.28. The van der Waals surface area contributed by atoms with E-state index in [1.54, 1.807) is 0 Å². The van der Waals surface area contributed by atoms with Gasteiger partial charge in [-0.1, -0.05) is 0 Å². The fraction of sp³-hybridized carbons (Fsp3) is 0.909. The summed E-state index contributed by atoms with van der Waals surface area (Å²) in [5.74, 6) is 0.876. The van der Waals surface area contributed by atoms with E-state index in [1.807, 2.05) is 4.90 Å². The first-order valence-electron chi connectivity index (χ1n) is 5.92. The molecule has 1 amide bonds. The van der Waals surface area contributed by atoms with Crippen molar-refractivity contribution in [3.8, 4) is 0 Å². The fourth-order valence-electron chi connectivity index (χ4n) is 2.29. The summed E-state index contributed by atoms with van der Waals surface area (Å²) in [5, 5.41) is 0. The first-order chi connectivity index (χ1) is 7.16. The van der Waals surface area contributed by atoms with Crippen LogP contribution in [0.2, 0.25) is 0 Å². The Kier molecular flexibility index (Phi) is 3.26. The Hall–Kier alpha value is -0.610. The van der Waals surface area contributed by atoms with Crippen LogP contribution < -0.4 is 5.73 Å². The standard InChI is InChI=1S/C11H21N3O/c1-9(12)10-3-6-13(7-10)8-11(15)14-4-2-5-14/h9-10H,2-8,12H2,1H3. The maximum absolute atomic E-state index is 11.7. The Morgan fingerprint density at radius 3 is 2.67 bits per heavy atom. The van der Waals surface area contributed by atoms with Crippen LogP contribution in [0.3, 0.4) is 0 Å². The number of nitrogens with zero attached hydrogens (tertiary/aromatic N) is 2. The van der Waals surface area contributed by atoms with Crippen LogP contribution in [-0.4, -0.2) is 54.5 Å². The van der Waals surface area contributed by atoms with Gasteiger partial charge in [0.2, 0.25) is 5.91 Å². The van der Waals surface area contributed by atoms with Gasteiger partial charge in [-0.3, -0.25) is 9.69 Å². The molecule has 0 aliphatic carbocycles. The van der Waals surface area contributed by atoms with E-state index >= 15 is 0 Å². The smallest absolute Gasteiger partial charge is 0.236 e. The van der Waals surface area contributed by atoms with Crippen molar-refractivity contribution < 1.29 is 4.79 Å². The molecule has 0 aromatic heterocycles. The van der Waals surface area contributed by atoms with Crippen LogP contribution in [0, 0.1) is 5.92 Å². The number of hydrogen-bond donors (Lipinski definition) is 1. The molecule has 2 N–H and O–H groups in total. The molecule has 0 radical (unpaired) electrons. The molecule has 2 fully saturated rings. The minimum absolute atomic E-state index is 0.258. The topological polar surface area (TPSA) is 49.6 Å². The Bertz CT molecular complexity index is 238. The van der Waals surface area contributed by atoms with Gasteiger partial charge in [-0.05, 0) is 32.2 Å². The lowest BCUT2D eigenvalue weighted by atomic mass is 10.0. The van der Waals surface area contributed by atoms with Gasteiger partial charge in [0.25, 0.3) is 0 Å². The molecule has 0 saturated carbocycles. The van der Waals surface area contributed by atoms with Gasteiger partial charge in [-0.15, -0.1) is 0 Å². The van der Waals surface area contributed by atoms with Crippen LogP contribution in [0.1, 0.15) is 19.8 Å². The number of likely N-dealkylation sites (tertiary alicyclic amines) is 2. The average molecular weight is 211 g/mol. The molecule has 0 aromatic rings. The second-order valence-electron chi connectivity index (χ2n) is 4.88. The third-order valence-corrected chi connectivity index (χ3v) is 3.62. The monoisotopic (exact) mass is 211 g/mol. The van der Waals surface area contributed by atoms with Gasteiger partial charge < -0.3 is 10.6 Å². The lowest BCUT2D eigenvalue weighted by molar-refractivity contribution is -0.135. The Labute approximate surface area is 91.4 Å². The summed E-state index contributed by atoms with van der Waals surface area (Å²) in [6, 6.07) is 0.258. The molecule has 2 saturated heterocycles. The van der Waals surface area contributed by atoms with Crippen LogP contribution in [0.25, 0.3) is 0 Å². The van der Waals surface area contributed by atoms with E-state index in [9.17, 15) is 4.79 Å². The molecule has 2 atom stereocenters. The molecular formula is C11H21N3O. The number of rotatable bonds is 3. The Morgan fingerprint density at radius 1 is 1.47 bits per heavy atom. The van der Waals surface area contributed by atoms with E-state index in [0.717, 1.165) is 32.6 Å². The maximum Gasteiger partial charge on any atom is 0.236 e. The lowest BCUT2D eigenvalue weighted by Crippen LogP contribution is -2.47. The molecule has 0 aromatic carbocycles. The fourth-order valence-corrected chi connectivity index (χ4v) is 2.29. The van der Waals surface area contributed by atoms with Crippen molar-refractivity contribution in [2.45, 2.75) is 25.8 Å². The van der Waals surface area contributed by atoms with E-state index in [1.165, 1.54) is 6.42 Å². The number of amides is 1. The van der Waals surface area contributed by atoms with Crippen LogP contribution in [0.15, 0.2) is 0 Å². The normalized spacial score (nSPS) is 28.9. The molecule has 4 nitrogen and oxygen atoms in total. The molecule has 2 aliphatic heterocycles. The highest BCUT2D eigenvalue weighted by molar-refractivity contribution is 5.78. The van der Waals surface area contributed by atoms with Gasteiger partial charge in [0.15, 0.2) is 0 Å². The first kappa shape index (κ1) is 10.9. The lowest BCUT2D eigenvalue weighted by Gasteiger charge is -2.32. The molecule has 2 rings (SSSR count). The molecule has 15 heavy (non-hydrogen) atoms. The Balaban J connectivity index is 1.74. The minimum Gasteiger partial charge on any atom is -0.341 e. The van der Waals surface area contributed by atoms with Crippen molar-refractivity contribution in [1.29, 1.82) is 0 Å². The molecule has 4 heteroatoms. The zero-order valence-corrected chi connectivity index (χ0v) is 9.48. The van der Waals surface area contributed by atoms with Crippen LogP contribution in [0.4, 0.5) is 0 Å². The van der Waals surface area contributed by atoms with Gasteiger partial charge in [0.1, 0.15) is 0 Å². The SMILES string of the molecule is CC(N)C1CCN(CC(=O)N2CCC2)C1. The molecule has 2 heterocycles.